The molecule has 3 aromatic rings. The van der Waals surface area contributed by atoms with Gasteiger partial charge in [-0.15, -0.1) is 5.10 Å². The fourth-order valence-corrected chi connectivity index (χ4v) is 3.90. The van der Waals surface area contributed by atoms with E-state index in [2.05, 4.69) is 19.9 Å². The molecule has 0 atom stereocenters. The Kier molecular flexibility index (Phi) is 5.34. The Labute approximate surface area is 170 Å². The Bertz CT molecular complexity index is 1060. The van der Waals surface area contributed by atoms with Crippen molar-refractivity contribution in [1.29, 1.82) is 0 Å². The minimum absolute atomic E-state index is 0.185. The lowest BCUT2D eigenvalue weighted by atomic mass is 10.1. The van der Waals surface area contributed by atoms with E-state index in [4.69, 9.17) is 0 Å². The van der Waals surface area contributed by atoms with Crippen LogP contribution >= 0.6 is 11.5 Å². The number of hydrogen-bond donors (Lipinski definition) is 1. The lowest BCUT2D eigenvalue weighted by molar-refractivity contribution is 0.0710. The quantitative estimate of drug-likeness (QED) is 0.693. The van der Waals surface area contributed by atoms with E-state index in [9.17, 15) is 14.0 Å². The zero-order valence-electron chi connectivity index (χ0n) is 15.8. The summed E-state index contributed by atoms with van der Waals surface area (Å²) in [5.41, 5.74) is 1.95. The van der Waals surface area contributed by atoms with Crippen LogP contribution in [0.3, 0.4) is 0 Å². The van der Waals surface area contributed by atoms with Crippen LogP contribution in [0, 0.1) is 5.82 Å². The maximum Gasteiger partial charge on any atom is 0.269 e. The molecule has 1 aliphatic heterocycles. The van der Waals surface area contributed by atoms with Gasteiger partial charge in [-0.3, -0.25) is 9.59 Å². The van der Waals surface area contributed by atoms with Crippen LogP contribution in [-0.4, -0.2) is 42.4 Å². The molecule has 1 aromatic carbocycles. The molecule has 0 saturated heterocycles. The number of hydrogen-bond acceptors (Lipinski definition) is 6. The zero-order valence-corrected chi connectivity index (χ0v) is 16.6. The number of anilines is 1. The van der Waals surface area contributed by atoms with Gasteiger partial charge in [0.15, 0.2) is 0 Å². The van der Waals surface area contributed by atoms with Crippen molar-refractivity contribution in [3.8, 4) is 0 Å². The summed E-state index contributed by atoms with van der Waals surface area (Å²) in [5, 5.41) is 6.63. The van der Waals surface area contributed by atoms with Crippen molar-refractivity contribution in [1.82, 2.24) is 24.0 Å². The van der Waals surface area contributed by atoms with Crippen molar-refractivity contribution in [2.75, 3.05) is 11.9 Å². The molecule has 0 unspecified atom stereocenters. The monoisotopic (exact) mass is 414 g/mol. The third-order valence-electron chi connectivity index (χ3n) is 4.70. The fraction of sp³-hybridized carbons (Fsp3) is 0.316. The Hall–Kier alpha value is -3.14. The van der Waals surface area contributed by atoms with E-state index < -0.39 is 11.7 Å². The van der Waals surface area contributed by atoms with E-state index in [1.165, 1.54) is 18.2 Å². The summed E-state index contributed by atoms with van der Waals surface area (Å²) in [6, 6.07) is 3.86. The largest absolute Gasteiger partial charge is 0.331 e. The molecule has 2 aromatic heterocycles. The highest BCUT2D eigenvalue weighted by molar-refractivity contribution is 7.08. The first-order valence-electron chi connectivity index (χ1n) is 9.26. The SMILES string of the molecule is CCCc1nnsc1C(=O)Nc1cc(F)cc(C(=O)N2CCn3cncc3C2)c1. The number of carbonyl (C=O) groups excluding carboxylic acids is 2. The third-order valence-corrected chi connectivity index (χ3v) is 5.47. The molecule has 3 heterocycles. The zero-order chi connectivity index (χ0) is 20.4. The van der Waals surface area contributed by atoms with E-state index in [0.29, 0.717) is 36.6 Å². The van der Waals surface area contributed by atoms with Gasteiger partial charge in [0, 0.05) is 30.5 Å². The summed E-state index contributed by atoms with van der Waals surface area (Å²) >= 11 is 0.998. The number of halogens is 1. The normalized spacial score (nSPS) is 13.2. The maximum absolute atomic E-state index is 14.2. The van der Waals surface area contributed by atoms with E-state index in [0.717, 1.165) is 23.6 Å². The summed E-state index contributed by atoms with van der Waals surface area (Å²) in [7, 11) is 0. The Morgan fingerprint density at radius 3 is 2.97 bits per heavy atom. The number of amides is 2. The second-order valence-electron chi connectivity index (χ2n) is 6.79. The van der Waals surface area contributed by atoms with Gasteiger partial charge >= 0.3 is 0 Å². The molecule has 10 heteroatoms. The average Bonchev–Trinajstić information content (AvgIpc) is 3.35. The first-order chi connectivity index (χ1) is 14.0. The standard InChI is InChI=1S/C19H19FN6O2S/c1-2-3-16-17(29-24-23-16)18(27)22-14-7-12(6-13(20)8-14)19(28)25-4-5-26-11-21-9-15(26)10-25/h6-9,11H,2-5,10H2,1H3,(H,22,27). The molecule has 4 rings (SSSR count). The van der Waals surface area contributed by atoms with Gasteiger partial charge < -0.3 is 14.8 Å². The predicted octanol–water partition coefficient (Wildman–Crippen LogP) is 2.73. The number of imidazole rings is 1. The lowest BCUT2D eigenvalue weighted by Gasteiger charge is -2.28. The summed E-state index contributed by atoms with van der Waals surface area (Å²) < 4.78 is 20.0. The number of benzene rings is 1. The first-order valence-corrected chi connectivity index (χ1v) is 10.0. The smallest absolute Gasteiger partial charge is 0.269 e. The van der Waals surface area contributed by atoms with E-state index in [1.54, 1.807) is 17.4 Å². The van der Waals surface area contributed by atoms with Gasteiger partial charge in [-0.1, -0.05) is 17.8 Å². The molecule has 8 nitrogen and oxygen atoms in total. The Morgan fingerprint density at radius 2 is 2.14 bits per heavy atom. The summed E-state index contributed by atoms with van der Waals surface area (Å²) in [5.74, 6) is -1.29. The molecule has 0 saturated carbocycles. The second-order valence-corrected chi connectivity index (χ2v) is 7.54. The molecular formula is C19H19FN6O2S. The van der Waals surface area contributed by atoms with Crippen LogP contribution in [0.4, 0.5) is 10.1 Å². The number of carbonyl (C=O) groups is 2. The van der Waals surface area contributed by atoms with Crippen LogP contribution in [0.15, 0.2) is 30.7 Å². The fourth-order valence-electron chi connectivity index (χ4n) is 3.29. The third kappa shape index (κ3) is 4.02. The Balaban J connectivity index is 1.52. The number of rotatable bonds is 5. The number of nitrogens with zero attached hydrogens (tertiary/aromatic N) is 5. The first kappa shape index (κ1) is 19.2. The van der Waals surface area contributed by atoms with Crippen LogP contribution in [-0.2, 0) is 19.5 Å². The summed E-state index contributed by atoms with van der Waals surface area (Å²) in [4.78, 5) is 31.6. The van der Waals surface area contributed by atoms with Crippen LogP contribution in [0.1, 0.15) is 44.8 Å². The van der Waals surface area contributed by atoms with Gasteiger partial charge in [0.25, 0.3) is 11.8 Å². The number of aryl methyl sites for hydroxylation is 1. The molecule has 0 bridgehead atoms. The number of nitrogens with one attached hydrogen (secondary N) is 1. The molecule has 150 valence electrons. The van der Waals surface area contributed by atoms with Crippen molar-refractivity contribution in [3.05, 3.63) is 58.4 Å². The highest BCUT2D eigenvalue weighted by Crippen LogP contribution is 2.21. The maximum atomic E-state index is 14.2. The molecule has 0 radical (unpaired) electrons. The summed E-state index contributed by atoms with van der Waals surface area (Å²) in [6.07, 6.45) is 4.92. The van der Waals surface area contributed by atoms with Crippen LogP contribution in [0.2, 0.25) is 0 Å². The molecule has 0 spiro atoms. The van der Waals surface area contributed by atoms with Gasteiger partial charge in [-0.05, 0) is 36.2 Å². The highest BCUT2D eigenvalue weighted by Gasteiger charge is 2.23. The van der Waals surface area contributed by atoms with Gasteiger partial charge in [-0.25, -0.2) is 9.37 Å². The van der Waals surface area contributed by atoms with Crippen molar-refractivity contribution in [3.63, 3.8) is 0 Å². The van der Waals surface area contributed by atoms with Gasteiger partial charge in [0.05, 0.1) is 24.3 Å². The molecular weight excluding hydrogens is 395 g/mol. The predicted molar refractivity (Wildman–Crippen MR) is 105 cm³/mol. The molecule has 0 aliphatic carbocycles. The minimum Gasteiger partial charge on any atom is -0.331 e. The van der Waals surface area contributed by atoms with Gasteiger partial charge in [0.2, 0.25) is 0 Å². The average molecular weight is 414 g/mol. The van der Waals surface area contributed by atoms with Crippen LogP contribution < -0.4 is 5.32 Å². The number of aromatic nitrogens is 4. The van der Waals surface area contributed by atoms with Crippen molar-refractivity contribution >= 4 is 29.0 Å². The minimum atomic E-state index is -0.593. The molecule has 2 amide bonds. The molecule has 0 fully saturated rings. The van der Waals surface area contributed by atoms with Gasteiger partial charge in [0.1, 0.15) is 10.7 Å². The topological polar surface area (TPSA) is 93.0 Å². The lowest BCUT2D eigenvalue weighted by Crippen LogP contribution is -2.38. The highest BCUT2D eigenvalue weighted by atomic mass is 32.1. The van der Waals surface area contributed by atoms with E-state index in [1.807, 2.05) is 11.5 Å². The van der Waals surface area contributed by atoms with Crippen molar-refractivity contribution in [2.45, 2.75) is 32.9 Å². The van der Waals surface area contributed by atoms with Crippen molar-refractivity contribution in [2.24, 2.45) is 0 Å². The molecule has 1 aliphatic rings. The van der Waals surface area contributed by atoms with Crippen LogP contribution in [0.5, 0.6) is 0 Å². The molecule has 1 N–H and O–H groups in total. The number of fused-ring (bicyclic) bond motifs is 1. The summed E-state index contributed by atoms with van der Waals surface area (Å²) in [6.45, 7) is 3.54. The van der Waals surface area contributed by atoms with Crippen LogP contribution in [0.25, 0.3) is 0 Å². The van der Waals surface area contributed by atoms with E-state index in [-0.39, 0.29) is 17.2 Å². The van der Waals surface area contributed by atoms with Gasteiger partial charge in [-0.2, -0.15) is 0 Å². The van der Waals surface area contributed by atoms with E-state index >= 15 is 0 Å². The van der Waals surface area contributed by atoms with Crippen molar-refractivity contribution < 1.29 is 14.0 Å². The second kappa shape index (κ2) is 8.08. The molecule has 29 heavy (non-hydrogen) atoms. The Morgan fingerprint density at radius 1 is 1.28 bits per heavy atom.